The lowest BCUT2D eigenvalue weighted by Gasteiger charge is -2.32. The van der Waals surface area contributed by atoms with E-state index in [1.54, 1.807) is 106 Å². The van der Waals surface area contributed by atoms with Crippen LogP contribution in [0.3, 0.4) is 0 Å². The van der Waals surface area contributed by atoms with E-state index in [-0.39, 0.29) is 44.6 Å². The number of esters is 1. The summed E-state index contributed by atoms with van der Waals surface area (Å²) in [5.74, 6) is -6.53. The maximum Gasteiger partial charge on any atom is 0.407 e. The number of rotatable bonds is 26. The van der Waals surface area contributed by atoms with Gasteiger partial charge in [-0.2, -0.15) is 0 Å². The van der Waals surface area contributed by atoms with Crippen molar-refractivity contribution < 1.29 is 62.4 Å². The maximum atomic E-state index is 14.3. The van der Waals surface area contributed by atoms with E-state index >= 15 is 0 Å². The van der Waals surface area contributed by atoms with Crippen LogP contribution in [0.15, 0.2) is 48.5 Å². The first-order valence-corrected chi connectivity index (χ1v) is 24.2. The molecule has 0 aromatic heterocycles. The number of aliphatic hydroxyl groups is 1. The number of unbranched alkanes of at least 4 members (excludes halogenated alkanes) is 1. The first kappa shape index (κ1) is 60.7. The van der Waals surface area contributed by atoms with Gasteiger partial charge in [-0.15, -0.1) is 0 Å². The molecule has 0 radical (unpaired) electrons. The standard InChI is InChI=1S/C52H77ClN4O13/c1-31(44(61)47(64)67-13)28-41(59)39(16-14-15-26-54-48(65)69-51(7,8)9)56-45(62)32(2)29-42(60)43(33(3)68-50(4,5)6)57-46(63)37(25-27-55-49(66)70-52(10,11)12)30-40(58)36-19-17-34(18-20-36)35-21-23-38(53)24-22-35/h17-24,31-33,37,39,43-44,61H,14-16,25-30H2,1-13H3,(H,54,65)(H,55,66)(H,56,62)(H,57,63)/t31-,32-,33-,37-,39+,43+,44?/m1/s1. The van der Waals surface area contributed by atoms with Gasteiger partial charge in [-0.1, -0.05) is 61.8 Å². The lowest BCUT2D eigenvalue weighted by atomic mass is 9.91. The smallest absolute Gasteiger partial charge is 0.407 e. The minimum Gasteiger partial charge on any atom is -0.467 e. The number of hydrogen-bond acceptors (Lipinski definition) is 13. The van der Waals surface area contributed by atoms with E-state index in [0.717, 1.165) is 18.2 Å². The molecule has 17 nitrogen and oxygen atoms in total. The Hall–Kier alpha value is -5.39. The number of halogens is 1. The third-order valence-electron chi connectivity index (χ3n) is 10.8. The quantitative estimate of drug-likeness (QED) is 0.0263. The lowest BCUT2D eigenvalue weighted by Crippen LogP contribution is -2.53. The number of methoxy groups -OCH3 is 1. The highest BCUT2D eigenvalue weighted by atomic mass is 35.5. The Morgan fingerprint density at radius 3 is 1.67 bits per heavy atom. The van der Waals surface area contributed by atoms with Gasteiger partial charge >= 0.3 is 18.2 Å². The molecule has 0 aliphatic rings. The first-order chi connectivity index (χ1) is 32.4. The second kappa shape index (κ2) is 27.9. The van der Waals surface area contributed by atoms with Crippen LogP contribution < -0.4 is 21.3 Å². The average Bonchev–Trinajstić information content (AvgIpc) is 3.24. The van der Waals surface area contributed by atoms with Gasteiger partial charge < -0.3 is 45.3 Å². The number of carbonyl (C=O) groups is 8. The van der Waals surface area contributed by atoms with Gasteiger partial charge in [-0.05, 0) is 124 Å². The number of Topliss-reactive ketones (excluding diaryl/α,β-unsaturated/α-hetero) is 3. The van der Waals surface area contributed by atoms with Crippen LogP contribution in [0.25, 0.3) is 11.1 Å². The van der Waals surface area contributed by atoms with E-state index in [0.29, 0.717) is 23.4 Å². The maximum absolute atomic E-state index is 14.3. The van der Waals surface area contributed by atoms with Crippen molar-refractivity contribution >= 4 is 58.9 Å². The number of hydrogen-bond donors (Lipinski definition) is 5. The fraction of sp³-hybridized carbons (Fsp3) is 0.615. The van der Waals surface area contributed by atoms with Crippen LogP contribution in [-0.4, -0.2) is 114 Å². The van der Waals surface area contributed by atoms with Crippen LogP contribution in [0.5, 0.6) is 0 Å². The van der Waals surface area contributed by atoms with Crippen molar-refractivity contribution in [2.45, 2.75) is 169 Å². The van der Waals surface area contributed by atoms with Crippen LogP contribution in [0, 0.1) is 17.8 Å². The molecule has 2 aromatic carbocycles. The summed E-state index contributed by atoms with van der Waals surface area (Å²) < 4.78 is 21.4. The van der Waals surface area contributed by atoms with Gasteiger partial charge in [0.2, 0.25) is 11.8 Å². The molecule has 0 fully saturated rings. The highest BCUT2D eigenvalue weighted by Crippen LogP contribution is 2.25. The van der Waals surface area contributed by atoms with Gasteiger partial charge in [0.15, 0.2) is 23.5 Å². The fourth-order valence-electron chi connectivity index (χ4n) is 7.23. The topological polar surface area (TPSA) is 242 Å². The van der Waals surface area contributed by atoms with E-state index in [9.17, 15) is 43.5 Å². The van der Waals surface area contributed by atoms with Gasteiger partial charge in [0.1, 0.15) is 17.2 Å². The molecule has 0 aliphatic heterocycles. The molecule has 1 unspecified atom stereocenters. The summed E-state index contributed by atoms with van der Waals surface area (Å²) >= 11 is 6.06. The molecule has 0 saturated heterocycles. The summed E-state index contributed by atoms with van der Waals surface area (Å²) in [6, 6.07) is 11.7. The molecular weight excluding hydrogens is 924 g/mol. The zero-order valence-corrected chi connectivity index (χ0v) is 44.0. The summed E-state index contributed by atoms with van der Waals surface area (Å²) in [5.41, 5.74) is -0.176. The van der Waals surface area contributed by atoms with Crippen molar-refractivity contribution in [3.8, 4) is 11.1 Å². The second-order valence-electron chi connectivity index (χ2n) is 20.7. The van der Waals surface area contributed by atoms with Crippen molar-refractivity contribution in [2.24, 2.45) is 17.8 Å². The Bertz CT molecular complexity index is 2070. The number of amides is 4. The number of aliphatic hydroxyl groups excluding tert-OH is 1. The SMILES string of the molecule is COC(=O)C(O)[C@H](C)CC(=O)[C@H](CCCCNC(=O)OC(C)(C)C)NC(=O)[C@H](C)CC(=O)[C@@H](NC(=O)[C@H](CCNC(=O)OC(C)(C)C)CC(=O)c1ccc(-c2ccc(Cl)cc2)cc1)[C@@H](C)OC(C)(C)C. The zero-order chi connectivity index (χ0) is 53.1. The van der Waals surface area contributed by atoms with Crippen LogP contribution in [0.4, 0.5) is 9.59 Å². The normalized spacial score (nSPS) is 14.8. The molecule has 7 atom stereocenters. The highest BCUT2D eigenvalue weighted by molar-refractivity contribution is 6.30. The number of carbonyl (C=O) groups excluding carboxylic acids is 8. The van der Waals surface area contributed by atoms with E-state index in [1.807, 2.05) is 12.1 Å². The zero-order valence-electron chi connectivity index (χ0n) is 43.2. The van der Waals surface area contributed by atoms with Gasteiger partial charge in [0.25, 0.3) is 0 Å². The third kappa shape index (κ3) is 23.0. The average molecular weight is 1000 g/mol. The van der Waals surface area contributed by atoms with Gasteiger partial charge in [0.05, 0.1) is 24.9 Å². The Kier molecular flexibility index (Phi) is 24.2. The molecule has 0 heterocycles. The largest absolute Gasteiger partial charge is 0.467 e. The number of alkyl carbamates (subject to hydrolysis) is 2. The molecule has 0 saturated carbocycles. The molecule has 5 N–H and O–H groups in total. The Morgan fingerprint density at radius 1 is 0.629 bits per heavy atom. The van der Waals surface area contributed by atoms with Crippen molar-refractivity contribution in [1.29, 1.82) is 0 Å². The van der Waals surface area contributed by atoms with E-state index in [1.165, 1.54) is 13.8 Å². The number of benzene rings is 2. The molecule has 0 spiro atoms. The molecule has 0 bridgehead atoms. The van der Waals surface area contributed by atoms with Crippen LogP contribution >= 0.6 is 11.6 Å². The summed E-state index contributed by atoms with van der Waals surface area (Å²) in [4.78, 5) is 107. The second-order valence-corrected chi connectivity index (χ2v) is 21.2. The van der Waals surface area contributed by atoms with Crippen molar-refractivity contribution in [1.82, 2.24) is 21.3 Å². The van der Waals surface area contributed by atoms with E-state index < -0.39 is 107 Å². The molecule has 0 aliphatic carbocycles. The van der Waals surface area contributed by atoms with E-state index in [2.05, 4.69) is 26.0 Å². The van der Waals surface area contributed by atoms with Crippen LogP contribution in [0.1, 0.15) is 138 Å². The van der Waals surface area contributed by atoms with E-state index in [4.69, 9.17) is 25.8 Å². The van der Waals surface area contributed by atoms with Crippen LogP contribution in [0.2, 0.25) is 5.02 Å². The molecule has 390 valence electrons. The molecule has 18 heteroatoms. The first-order valence-electron chi connectivity index (χ1n) is 23.8. The van der Waals surface area contributed by atoms with Crippen molar-refractivity contribution in [3.63, 3.8) is 0 Å². The number of nitrogens with one attached hydrogen (secondary N) is 4. The fourth-order valence-corrected chi connectivity index (χ4v) is 7.35. The predicted octanol–water partition coefficient (Wildman–Crippen LogP) is 7.70. The molecular formula is C52H77ClN4O13. The van der Waals surface area contributed by atoms with Crippen molar-refractivity contribution in [3.05, 3.63) is 59.1 Å². The van der Waals surface area contributed by atoms with Crippen LogP contribution in [-0.2, 0) is 42.9 Å². The molecule has 70 heavy (non-hydrogen) atoms. The summed E-state index contributed by atoms with van der Waals surface area (Å²) in [6.45, 7) is 20.5. The molecule has 2 aromatic rings. The predicted molar refractivity (Wildman–Crippen MR) is 266 cm³/mol. The highest BCUT2D eigenvalue weighted by Gasteiger charge is 2.36. The third-order valence-corrected chi connectivity index (χ3v) is 11.0. The monoisotopic (exact) mass is 1000 g/mol. The minimum absolute atomic E-state index is 0.00431. The van der Waals surface area contributed by atoms with Gasteiger partial charge in [-0.25, -0.2) is 14.4 Å². The van der Waals surface area contributed by atoms with Gasteiger partial charge in [-0.3, -0.25) is 24.0 Å². The molecule has 4 amide bonds. The summed E-state index contributed by atoms with van der Waals surface area (Å²) in [7, 11) is 1.11. The van der Waals surface area contributed by atoms with Gasteiger partial charge in [0, 0.05) is 54.8 Å². The Labute approximate surface area is 418 Å². The number of ketones is 3. The summed E-state index contributed by atoms with van der Waals surface area (Å²) in [6.07, 6.45) is -3.87. The Morgan fingerprint density at radius 2 is 1.16 bits per heavy atom. The summed E-state index contributed by atoms with van der Waals surface area (Å²) in [5, 5.41) is 21.8. The lowest BCUT2D eigenvalue weighted by molar-refractivity contribution is -0.153. The minimum atomic E-state index is -1.59. The Balaban J connectivity index is 2.35. The van der Waals surface area contributed by atoms with Crippen molar-refractivity contribution in [2.75, 3.05) is 20.2 Å². The number of ether oxygens (including phenoxy) is 4. The molecule has 2 rings (SSSR count).